The molecule has 35 nitrogen and oxygen atoms in total. The molecule has 0 aliphatic rings. The third-order valence-corrected chi connectivity index (χ3v) is 18.8. The maximum atomic E-state index is 13.6. The molecule has 0 aromatic rings. The second-order valence-corrected chi connectivity index (χ2v) is 29.9. The summed E-state index contributed by atoms with van der Waals surface area (Å²) in [6, 6.07) is -2.34. The molecule has 0 heterocycles. The van der Waals surface area contributed by atoms with Crippen LogP contribution in [0.25, 0.3) is 0 Å². The summed E-state index contributed by atoms with van der Waals surface area (Å²) in [7, 11) is 0. The van der Waals surface area contributed by atoms with Crippen molar-refractivity contribution in [2.45, 2.75) is 288 Å². The van der Waals surface area contributed by atoms with Crippen molar-refractivity contribution in [1.29, 1.82) is 0 Å². The van der Waals surface area contributed by atoms with E-state index in [0.717, 1.165) is 103 Å². The van der Waals surface area contributed by atoms with Gasteiger partial charge in [-0.15, -0.1) is 0 Å². The molecule has 0 aliphatic heterocycles. The number of ketones is 4. The third-order valence-electron chi connectivity index (χ3n) is 18.8. The topological polar surface area (TPSA) is 529 Å². The first-order valence-electron chi connectivity index (χ1n) is 42.4. The Morgan fingerprint density at radius 3 is 1.01 bits per heavy atom. The summed E-state index contributed by atoms with van der Waals surface area (Å²) in [6.07, 6.45) is 22.4. The summed E-state index contributed by atoms with van der Waals surface area (Å²) in [6.45, 7) is 5.16. The zero-order valence-corrected chi connectivity index (χ0v) is 69.9. The van der Waals surface area contributed by atoms with Crippen LogP contribution < -0.4 is 37.6 Å². The lowest BCUT2D eigenvalue weighted by Gasteiger charge is -2.22. The monoisotopic (exact) mass is 1680 g/mol. The molecule has 0 aromatic carbocycles. The number of hydrogen-bond donors (Lipinski definition) is 12. The first-order chi connectivity index (χ1) is 56.1. The predicted molar refractivity (Wildman–Crippen MR) is 437 cm³/mol. The molecule has 0 unspecified atom stereocenters. The molecule has 0 saturated carbocycles. The number of hydrogen-bond acceptors (Lipinski definition) is 24. The molecule has 6 amide bonds. The van der Waals surface area contributed by atoms with Crippen LogP contribution in [0.2, 0.25) is 0 Å². The molecule has 680 valence electrons. The quantitative estimate of drug-likeness (QED) is 0.0261. The summed E-state index contributed by atoms with van der Waals surface area (Å²) >= 11 is 0. The SMILES string of the molecule is CC(C)(N)C(=O)C[C@@H](CCCCNC(=O)COCCOCCCC(=O)COCCOCCNC(=O)CC[C@H](NC(=O)CCCCCCCCCCCCC(=O)O)C(=O)O)C(=O)C[C@@H](CCCCNC(=O)COCCOCCNC(=O)COCCOCCCC(=O)CC[C@H](NC(=O)CCCCCCCCCCCCC(=O)O)C(=O)O)C(=O)O.[HH].[HH].[HH]. The smallest absolute Gasteiger partial charge is 0.326 e. The van der Waals surface area contributed by atoms with Gasteiger partial charge >= 0.3 is 29.8 Å². The van der Waals surface area contributed by atoms with E-state index in [2.05, 4.69) is 31.9 Å². The molecule has 0 aliphatic carbocycles. The number of carbonyl (C=O) groups is 15. The number of carbonyl (C=O) groups excluding carboxylic acids is 10. The van der Waals surface area contributed by atoms with E-state index in [1.54, 1.807) is 0 Å². The van der Waals surface area contributed by atoms with Crippen molar-refractivity contribution in [2.75, 3.05) is 132 Å². The van der Waals surface area contributed by atoms with Crippen LogP contribution in [0.1, 0.15) is 275 Å². The number of carboxylic acid groups (broad SMARTS) is 5. The number of unbranched alkanes of at least 4 members (excludes halogenated alkanes) is 20. The number of nitrogens with two attached hydrogens (primary N) is 1. The van der Waals surface area contributed by atoms with Crippen LogP contribution in [0.5, 0.6) is 0 Å². The normalized spacial score (nSPS) is 12.4. The molecule has 35 heteroatoms. The Labute approximate surface area is 695 Å². The molecule has 13 N–H and O–H groups in total. The Kier molecular flexibility index (Phi) is 70.0. The lowest BCUT2D eigenvalue weighted by Crippen LogP contribution is -2.43. The van der Waals surface area contributed by atoms with Crippen LogP contribution in [-0.2, 0) is 110 Å². The number of amides is 6. The van der Waals surface area contributed by atoms with E-state index in [4.69, 9.17) is 53.8 Å². The number of aliphatic carboxylic acids is 5. The highest BCUT2D eigenvalue weighted by atomic mass is 16.5. The fourth-order valence-electron chi connectivity index (χ4n) is 11.9. The fourth-order valence-corrected chi connectivity index (χ4v) is 11.9. The van der Waals surface area contributed by atoms with E-state index in [1.807, 2.05) is 0 Å². The van der Waals surface area contributed by atoms with Gasteiger partial charge in [-0.2, -0.15) is 0 Å². The Hall–Kier alpha value is -7.51. The van der Waals surface area contributed by atoms with Crippen LogP contribution in [0.4, 0.5) is 0 Å². The highest BCUT2D eigenvalue weighted by Gasteiger charge is 2.32. The maximum Gasteiger partial charge on any atom is 0.326 e. The van der Waals surface area contributed by atoms with E-state index in [-0.39, 0.29) is 279 Å². The van der Waals surface area contributed by atoms with Crippen molar-refractivity contribution in [1.82, 2.24) is 31.9 Å². The van der Waals surface area contributed by atoms with Crippen molar-refractivity contribution >= 4 is 88.4 Å². The van der Waals surface area contributed by atoms with Gasteiger partial charge in [0.2, 0.25) is 35.4 Å². The molecule has 0 bridgehead atoms. The van der Waals surface area contributed by atoms with Gasteiger partial charge < -0.3 is 101 Å². The van der Waals surface area contributed by atoms with Crippen LogP contribution in [0.15, 0.2) is 0 Å². The number of rotatable bonds is 87. The molecule has 4 atom stereocenters. The highest BCUT2D eigenvalue weighted by molar-refractivity contribution is 5.93. The van der Waals surface area contributed by atoms with Gasteiger partial charge in [-0.25, -0.2) is 9.59 Å². The molecule has 0 fully saturated rings. The van der Waals surface area contributed by atoms with E-state index in [0.29, 0.717) is 64.2 Å². The van der Waals surface area contributed by atoms with Gasteiger partial charge in [0, 0.05) is 114 Å². The molecular weight excluding hydrogens is 1530 g/mol. The minimum atomic E-state index is -1.22. The average molecular weight is 1680 g/mol. The van der Waals surface area contributed by atoms with E-state index < -0.39 is 65.2 Å². The first kappa shape index (κ1) is 109. The minimum Gasteiger partial charge on any atom is -0.481 e. The Morgan fingerprint density at radius 2 is 0.624 bits per heavy atom. The summed E-state index contributed by atoms with van der Waals surface area (Å²) in [5.74, 6) is -10.2. The molecular formula is C82H149N7O28. The van der Waals surface area contributed by atoms with Crippen molar-refractivity contribution < 1.29 is 140 Å². The standard InChI is InChI=1S/C82H143N7O28.3H2/c1-82(2,83)70(93)58-63(29-23-25-41-84-74(97)60-115-54-50-111-46-28-32-66(91)59-114-53-51-112-47-43-86-71(94)40-39-68(81(108)109)89-73(96)34-20-16-12-8-4-6-10-14-18-22-36-78(102)103)69(92)57-64(79(104)105)30-24-26-42-85-75(98)61-117-56-52-113-48-44-87-76(99)62-116-55-49-110-45-27-31-65(90)37-38-67(80(106)107)88-72(95)33-19-15-11-7-3-5-9-13-17-21-35-77(100)101;;;/h63-64,67-68H,3-62,83H2,1-2H3,(H,84,97)(H,85,98)(H,86,94)(H,87,99)(H,88,95)(H,89,96)(H,100,101)(H,102,103)(H,104,105)(H,106,107)(H,108,109);3*1H/t63-,64-,67+,68+;;;/m1.../s1. The summed E-state index contributed by atoms with van der Waals surface area (Å²) in [4.78, 5) is 182. The number of Topliss-reactive ketones (excluding diaryl/α,β-unsaturated/α-hetero) is 4. The van der Waals surface area contributed by atoms with Gasteiger partial charge in [0.05, 0.1) is 77.5 Å². The van der Waals surface area contributed by atoms with Gasteiger partial charge in [-0.05, 0) is 90.9 Å². The van der Waals surface area contributed by atoms with Crippen LogP contribution in [-0.4, -0.2) is 263 Å². The predicted octanol–water partition coefficient (Wildman–Crippen LogP) is 7.56. The molecule has 0 radical (unpaired) electrons. The van der Waals surface area contributed by atoms with Gasteiger partial charge in [-0.1, -0.05) is 116 Å². The van der Waals surface area contributed by atoms with Gasteiger partial charge in [0.15, 0.2) is 11.6 Å². The zero-order valence-electron chi connectivity index (χ0n) is 69.9. The van der Waals surface area contributed by atoms with E-state index >= 15 is 0 Å². The van der Waals surface area contributed by atoms with Crippen molar-refractivity contribution in [3.8, 4) is 0 Å². The lowest BCUT2D eigenvalue weighted by atomic mass is 9.83. The molecule has 117 heavy (non-hydrogen) atoms. The first-order valence-corrected chi connectivity index (χ1v) is 42.4. The molecule has 0 spiro atoms. The summed E-state index contributed by atoms with van der Waals surface area (Å²) in [5, 5.41) is 62.3. The van der Waals surface area contributed by atoms with E-state index in [1.165, 1.54) is 13.8 Å². The van der Waals surface area contributed by atoms with Crippen molar-refractivity contribution in [2.24, 2.45) is 17.6 Å². The molecule has 0 saturated heterocycles. The Morgan fingerprint density at radius 1 is 0.291 bits per heavy atom. The van der Waals surface area contributed by atoms with Crippen molar-refractivity contribution in [3.63, 3.8) is 0 Å². The van der Waals surface area contributed by atoms with Gasteiger partial charge in [0.1, 0.15) is 50.1 Å². The average Bonchev–Trinajstić information content (AvgIpc) is 0.860. The number of nitrogens with one attached hydrogen (secondary N) is 6. The minimum absolute atomic E-state index is 0. The lowest BCUT2D eigenvalue weighted by molar-refractivity contribution is -0.145. The highest BCUT2D eigenvalue weighted by Crippen LogP contribution is 2.24. The van der Waals surface area contributed by atoms with Crippen molar-refractivity contribution in [3.05, 3.63) is 0 Å². The number of carboxylic acids is 5. The number of ether oxygens (including phenoxy) is 8. The van der Waals surface area contributed by atoms with Gasteiger partial charge in [0.25, 0.3) is 0 Å². The summed E-state index contributed by atoms with van der Waals surface area (Å²) in [5.41, 5.74) is 4.83. The zero-order chi connectivity index (χ0) is 86.8. The second kappa shape index (κ2) is 74.8. The van der Waals surface area contributed by atoms with Crippen LogP contribution in [0, 0.1) is 11.8 Å². The summed E-state index contributed by atoms with van der Waals surface area (Å²) < 4.78 is 43.3. The Balaban J connectivity index is -0.0000224. The second-order valence-electron chi connectivity index (χ2n) is 29.9. The Bertz CT molecular complexity index is 2810. The largest absolute Gasteiger partial charge is 0.481 e. The fraction of sp³-hybridized carbons (Fsp3) is 0.817. The van der Waals surface area contributed by atoms with Crippen LogP contribution >= 0.6 is 0 Å². The van der Waals surface area contributed by atoms with E-state index in [9.17, 15) is 87.2 Å². The third kappa shape index (κ3) is 72.3. The maximum absolute atomic E-state index is 13.6. The van der Waals surface area contributed by atoms with Crippen LogP contribution in [0.3, 0.4) is 0 Å². The van der Waals surface area contributed by atoms with Gasteiger partial charge in [-0.3, -0.25) is 62.3 Å². The molecule has 0 rings (SSSR count). The molecule has 0 aromatic heterocycles.